The number of carbonyl (C=O) groups excluding carboxylic acids is 1. The average molecular weight is 699 g/mol. The Bertz CT molecular complexity index is 1480. The Balaban J connectivity index is 1.14. The van der Waals surface area contributed by atoms with Crippen molar-refractivity contribution in [2.24, 2.45) is 39.4 Å². The van der Waals surface area contributed by atoms with E-state index in [0.29, 0.717) is 6.42 Å². The normalized spacial score (nSPS) is 52.5. The fraction of sp³-hybridized carbons (Fsp3) is 0.914. The summed E-state index contributed by atoms with van der Waals surface area (Å²) in [5.74, 6) is -0.188. The smallest absolute Gasteiger partial charge is 0.397 e. The van der Waals surface area contributed by atoms with E-state index in [-0.39, 0.29) is 46.9 Å². The topological polar surface area (TPSA) is 178 Å². The molecule has 0 radical (unpaired) electrons. The van der Waals surface area contributed by atoms with Crippen molar-refractivity contribution in [1.82, 2.24) is 0 Å². The third kappa shape index (κ3) is 4.74. The molecule has 3 aliphatic heterocycles. The molecule has 3 saturated carbocycles. The Morgan fingerprint density at radius 3 is 2.23 bits per heavy atom. The molecule has 13 heteroatoms. The molecule has 1 spiro atoms. The molecule has 6 fully saturated rings. The number of carbonyl (C=O) groups is 1. The zero-order valence-corrected chi connectivity index (χ0v) is 30.0. The van der Waals surface area contributed by atoms with Gasteiger partial charge in [0.15, 0.2) is 6.29 Å². The molecule has 0 aromatic carbocycles. The van der Waals surface area contributed by atoms with Gasteiger partial charge in [0.1, 0.15) is 29.3 Å². The Kier molecular flexibility index (Phi) is 8.03. The highest BCUT2D eigenvalue weighted by atomic mass is 32.3. The van der Waals surface area contributed by atoms with Crippen LogP contribution in [0.3, 0.4) is 0 Å². The number of cyclic esters (lactones) is 1. The minimum Gasteiger partial charge on any atom is -0.456 e. The molecule has 3 heterocycles. The first-order valence-corrected chi connectivity index (χ1v) is 19.1. The van der Waals surface area contributed by atoms with Crippen LogP contribution in [0.1, 0.15) is 99.8 Å². The maximum atomic E-state index is 14.3. The number of aliphatic hydroxyl groups is 3. The summed E-state index contributed by atoms with van der Waals surface area (Å²) in [6.45, 7) is 14.6. The van der Waals surface area contributed by atoms with Gasteiger partial charge in [0, 0.05) is 5.92 Å². The lowest BCUT2D eigenvalue weighted by Gasteiger charge is -2.64. The molecular weight excluding hydrogens is 644 g/mol. The van der Waals surface area contributed by atoms with Gasteiger partial charge < -0.3 is 34.3 Å². The van der Waals surface area contributed by atoms with Crippen molar-refractivity contribution < 1.29 is 56.2 Å². The van der Waals surface area contributed by atoms with Gasteiger partial charge >= 0.3 is 16.4 Å². The van der Waals surface area contributed by atoms with Gasteiger partial charge in [-0.3, -0.25) is 9.35 Å². The largest absolute Gasteiger partial charge is 0.456 e. The first-order chi connectivity index (χ1) is 22.1. The second-order valence-corrected chi connectivity index (χ2v) is 18.8. The molecule has 7 rings (SSSR count). The van der Waals surface area contributed by atoms with Crippen LogP contribution in [0.2, 0.25) is 0 Å². The standard InChI is InChI=1S/C35H54O12S/c1-30(2)13-11-25(45-30)34(7)22-10-15-33(6)18-8-9-21-31(3,4)24(44-28-27(38)26(37)20(17-43-28)47-48(40,41)42)12-14-32(21,5)19(18)16-23(36)35(22,33)29(39)46-34/h16,18,20-28,36-38H,8-15,17H2,1-7H3,(H,40,41,42). The Morgan fingerprint density at radius 2 is 1.58 bits per heavy atom. The molecule has 0 bridgehead atoms. The summed E-state index contributed by atoms with van der Waals surface area (Å²) < 4.78 is 60.7. The number of fused-ring (bicyclic) bond motifs is 4. The minimum absolute atomic E-state index is 0.106. The molecule has 0 amide bonds. The molecule has 272 valence electrons. The number of hydrogen-bond donors (Lipinski definition) is 4. The summed E-state index contributed by atoms with van der Waals surface area (Å²) in [4.78, 5) is 14.3. The zero-order valence-electron chi connectivity index (χ0n) is 29.2. The fourth-order valence-electron chi connectivity index (χ4n) is 12.3. The van der Waals surface area contributed by atoms with Crippen molar-refractivity contribution in [1.29, 1.82) is 0 Å². The van der Waals surface area contributed by atoms with Crippen LogP contribution in [-0.4, -0.2) is 95.0 Å². The van der Waals surface area contributed by atoms with E-state index >= 15 is 0 Å². The highest BCUT2D eigenvalue weighted by Crippen LogP contribution is 2.76. The second kappa shape index (κ2) is 10.9. The van der Waals surface area contributed by atoms with Crippen LogP contribution < -0.4 is 0 Å². The highest BCUT2D eigenvalue weighted by Gasteiger charge is 2.80. The summed E-state index contributed by atoms with van der Waals surface area (Å²) in [7, 11) is -4.86. The molecule has 48 heavy (non-hydrogen) atoms. The van der Waals surface area contributed by atoms with Crippen molar-refractivity contribution in [2.75, 3.05) is 6.61 Å². The molecule has 14 atom stereocenters. The molecule has 4 N–H and O–H groups in total. The van der Waals surface area contributed by atoms with Gasteiger partial charge in [-0.05, 0) is 100 Å². The summed E-state index contributed by atoms with van der Waals surface area (Å²) in [5, 5.41) is 33.6. The van der Waals surface area contributed by atoms with E-state index in [9.17, 15) is 28.5 Å². The molecule has 12 nitrogen and oxygen atoms in total. The number of aliphatic hydroxyl groups excluding tert-OH is 3. The lowest BCUT2D eigenvalue weighted by molar-refractivity contribution is -0.299. The van der Waals surface area contributed by atoms with E-state index in [2.05, 4.69) is 45.7 Å². The summed E-state index contributed by atoms with van der Waals surface area (Å²) in [6.07, 6.45) is 0.982. The Hall–Kier alpha value is -1.16. The predicted octanol–water partition coefficient (Wildman–Crippen LogP) is 3.47. The number of ether oxygens (including phenoxy) is 4. The van der Waals surface area contributed by atoms with Crippen LogP contribution in [0.25, 0.3) is 0 Å². The van der Waals surface area contributed by atoms with Gasteiger partial charge in [0.2, 0.25) is 0 Å². The van der Waals surface area contributed by atoms with Crippen LogP contribution in [0.15, 0.2) is 11.6 Å². The Labute approximate surface area is 283 Å². The van der Waals surface area contributed by atoms with Gasteiger partial charge in [0.05, 0.1) is 30.5 Å². The van der Waals surface area contributed by atoms with E-state index in [1.54, 1.807) is 0 Å². The SMILES string of the molecule is CC1(C)CCC(C2(C)OC(=O)C34C(O)C=C5C(CCC6C5(C)CCC(OC5OCC(OS(=O)(=O)O)C(O)C5O)C6(C)C)C3(C)CCC24)O1. The third-order valence-electron chi connectivity index (χ3n) is 14.7. The van der Waals surface area contributed by atoms with E-state index in [1.807, 2.05) is 13.0 Å². The van der Waals surface area contributed by atoms with Crippen molar-refractivity contribution in [3.8, 4) is 0 Å². The maximum Gasteiger partial charge on any atom is 0.397 e. The van der Waals surface area contributed by atoms with Crippen molar-refractivity contribution in [2.45, 2.75) is 154 Å². The monoisotopic (exact) mass is 698 g/mol. The van der Waals surface area contributed by atoms with Gasteiger partial charge in [0.25, 0.3) is 0 Å². The molecular formula is C35H54O12S. The fourth-order valence-corrected chi connectivity index (χ4v) is 12.8. The van der Waals surface area contributed by atoms with E-state index in [0.717, 1.165) is 44.9 Å². The second-order valence-electron chi connectivity index (χ2n) is 17.8. The summed E-state index contributed by atoms with van der Waals surface area (Å²) in [5.41, 5.74) is -2.05. The van der Waals surface area contributed by atoms with Crippen LogP contribution >= 0.6 is 0 Å². The number of allylic oxidation sites excluding steroid dienone is 1. The van der Waals surface area contributed by atoms with Gasteiger partial charge in [-0.1, -0.05) is 39.3 Å². The molecule has 0 aromatic heterocycles. The average Bonchev–Trinajstić information content (AvgIpc) is 3.59. The van der Waals surface area contributed by atoms with Crippen LogP contribution in [0.5, 0.6) is 0 Å². The minimum atomic E-state index is -4.86. The number of esters is 1. The van der Waals surface area contributed by atoms with Gasteiger partial charge in [-0.15, -0.1) is 0 Å². The van der Waals surface area contributed by atoms with Crippen LogP contribution in [0, 0.1) is 39.4 Å². The summed E-state index contributed by atoms with van der Waals surface area (Å²) >= 11 is 0. The Morgan fingerprint density at radius 1 is 0.875 bits per heavy atom. The molecule has 3 saturated heterocycles. The van der Waals surface area contributed by atoms with Gasteiger partial charge in [-0.2, -0.15) is 8.42 Å². The maximum absolute atomic E-state index is 14.3. The number of rotatable bonds is 5. The lowest BCUT2D eigenvalue weighted by Crippen LogP contribution is -2.63. The first kappa shape index (κ1) is 35.3. The van der Waals surface area contributed by atoms with Crippen molar-refractivity contribution >= 4 is 16.4 Å². The van der Waals surface area contributed by atoms with Crippen LogP contribution in [-0.2, 0) is 38.3 Å². The van der Waals surface area contributed by atoms with Crippen molar-refractivity contribution in [3.05, 3.63) is 11.6 Å². The predicted molar refractivity (Wildman–Crippen MR) is 170 cm³/mol. The number of hydrogen-bond acceptors (Lipinski definition) is 11. The highest BCUT2D eigenvalue weighted by molar-refractivity contribution is 7.80. The molecule has 7 aliphatic rings. The zero-order chi connectivity index (χ0) is 35.0. The first-order valence-electron chi connectivity index (χ1n) is 17.7. The van der Waals surface area contributed by atoms with Gasteiger partial charge in [-0.25, -0.2) is 4.18 Å². The molecule has 0 aromatic rings. The molecule has 4 aliphatic carbocycles. The van der Waals surface area contributed by atoms with E-state index < -0.39 is 69.6 Å². The molecule has 14 unspecified atom stereocenters. The summed E-state index contributed by atoms with van der Waals surface area (Å²) in [6, 6.07) is 0. The third-order valence-corrected chi connectivity index (χ3v) is 15.1. The van der Waals surface area contributed by atoms with Crippen LogP contribution in [0.4, 0.5) is 0 Å². The van der Waals surface area contributed by atoms with E-state index in [4.69, 9.17) is 23.5 Å². The van der Waals surface area contributed by atoms with E-state index in [1.165, 1.54) is 5.57 Å². The quantitative estimate of drug-likeness (QED) is 0.143. The van der Waals surface area contributed by atoms with Crippen molar-refractivity contribution in [3.63, 3.8) is 0 Å². The lowest BCUT2D eigenvalue weighted by atomic mass is 9.40.